The van der Waals surface area contributed by atoms with Crippen molar-refractivity contribution in [3.63, 3.8) is 0 Å². The van der Waals surface area contributed by atoms with Gasteiger partial charge in [-0.2, -0.15) is 0 Å². The summed E-state index contributed by atoms with van der Waals surface area (Å²) in [5.41, 5.74) is 1.71. The Morgan fingerprint density at radius 1 is 1.05 bits per heavy atom. The van der Waals surface area contributed by atoms with Gasteiger partial charge in [-0.1, -0.05) is 0 Å². The number of carbonyl (C=O) groups excluding carboxylic acids is 2. The Hall–Kier alpha value is -2.04. The van der Waals surface area contributed by atoms with Crippen molar-refractivity contribution in [3.8, 4) is 0 Å². The lowest BCUT2D eigenvalue weighted by atomic mass is 10.2. The number of carbonyl (C=O) groups is 2. The van der Waals surface area contributed by atoms with Gasteiger partial charge in [0, 0.05) is 30.5 Å². The Balaban J connectivity index is 2.65. The maximum atomic E-state index is 11.6. The average Bonchev–Trinajstić information content (AvgIpc) is 2.41. The average molecular weight is 277 g/mol. The van der Waals surface area contributed by atoms with Crippen LogP contribution in [-0.2, 0) is 9.59 Å². The molecule has 5 nitrogen and oxygen atoms in total. The number of rotatable bonds is 5. The zero-order valence-electron chi connectivity index (χ0n) is 12.6. The molecule has 1 rings (SSSR count). The molecule has 0 aliphatic rings. The molecule has 5 heteroatoms. The van der Waals surface area contributed by atoms with Gasteiger partial charge < -0.3 is 15.5 Å². The molecule has 2 amide bonds. The molecule has 0 fully saturated rings. The summed E-state index contributed by atoms with van der Waals surface area (Å²) in [7, 11) is 0. The van der Waals surface area contributed by atoms with Crippen LogP contribution in [0.4, 0.5) is 11.4 Å². The van der Waals surface area contributed by atoms with Crippen molar-refractivity contribution in [1.29, 1.82) is 0 Å². The molecule has 2 N–H and O–H groups in total. The van der Waals surface area contributed by atoms with Gasteiger partial charge in [0.25, 0.3) is 0 Å². The minimum atomic E-state index is -0.644. The fraction of sp³-hybridized carbons (Fsp3) is 0.467. The van der Waals surface area contributed by atoms with E-state index >= 15 is 0 Å². The summed E-state index contributed by atoms with van der Waals surface area (Å²) in [5, 5.41) is 5.13. The summed E-state index contributed by atoms with van der Waals surface area (Å²) in [6.07, 6.45) is 0. The molecule has 0 radical (unpaired) electrons. The van der Waals surface area contributed by atoms with Crippen molar-refractivity contribution in [1.82, 2.24) is 5.32 Å². The van der Waals surface area contributed by atoms with Crippen LogP contribution >= 0.6 is 0 Å². The SMILES string of the molecule is CCN(CC)c1ccc(NC(=O)C(=O)NC(C)C)cc1. The quantitative estimate of drug-likeness (QED) is 0.809. The molecule has 0 spiro atoms. The lowest BCUT2D eigenvalue weighted by Gasteiger charge is -2.21. The van der Waals surface area contributed by atoms with Crippen molar-refractivity contribution in [2.45, 2.75) is 33.7 Å². The van der Waals surface area contributed by atoms with Crippen LogP contribution in [0.15, 0.2) is 24.3 Å². The third-order valence-electron chi connectivity index (χ3n) is 2.88. The molecular weight excluding hydrogens is 254 g/mol. The van der Waals surface area contributed by atoms with Crippen molar-refractivity contribution in [3.05, 3.63) is 24.3 Å². The van der Waals surface area contributed by atoms with Crippen LogP contribution in [0.3, 0.4) is 0 Å². The van der Waals surface area contributed by atoms with E-state index in [1.807, 2.05) is 26.0 Å². The second-order valence-electron chi connectivity index (χ2n) is 4.80. The number of amides is 2. The van der Waals surface area contributed by atoms with Gasteiger partial charge in [0.1, 0.15) is 0 Å². The highest BCUT2D eigenvalue weighted by Crippen LogP contribution is 2.17. The van der Waals surface area contributed by atoms with E-state index < -0.39 is 11.8 Å². The van der Waals surface area contributed by atoms with Crippen molar-refractivity contribution in [2.24, 2.45) is 0 Å². The van der Waals surface area contributed by atoms with E-state index in [2.05, 4.69) is 29.4 Å². The molecule has 0 heterocycles. The van der Waals surface area contributed by atoms with Crippen LogP contribution in [-0.4, -0.2) is 30.9 Å². The summed E-state index contributed by atoms with van der Waals surface area (Å²) in [4.78, 5) is 25.3. The minimum absolute atomic E-state index is 0.0571. The Bertz CT molecular complexity index is 451. The number of nitrogens with zero attached hydrogens (tertiary/aromatic N) is 1. The summed E-state index contributed by atoms with van der Waals surface area (Å²) >= 11 is 0. The van der Waals surface area contributed by atoms with Gasteiger partial charge in [0.2, 0.25) is 0 Å². The van der Waals surface area contributed by atoms with E-state index in [9.17, 15) is 9.59 Å². The Morgan fingerprint density at radius 2 is 1.60 bits per heavy atom. The highest BCUT2D eigenvalue weighted by molar-refractivity contribution is 6.39. The Labute approximate surface area is 120 Å². The van der Waals surface area contributed by atoms with Crippen LogP contribution < -0.4 is 15.5 Å². The third-order valence-corrected chi connectivity index (χ3v) is 2.88. The molecule has 0 bridgehead atoms. The summed E-state index contributed by atoms with van der Waals surface area (Å²) in [5.74, 6) is -1.26. The van der Waals surface area contributed by atoms with Crippen LogP contribution in [0.1, 0.15) is 27.7 Å². The first-order valence-corrected chi connectivity index (χ1v) is 6.94. The van der Waals surface area contributed by atoms with E-state index in [1.165, 1.54) is 0 Å². The molecule has 0 aromatic heterocycles. The predicted molar refractivity (Wildman–Crippen MR) is 81.9 cm³/mol. The van der Waals surface area contributed by atoms with Gasteiger partial charge in [-0.15, -0.1) is 0 Å². The fourth-order valence-electron chi connectivity index (χ4n) is 1.86. The van der Waals surface area contributed by atoms with Gasteiger partial charge in [-0.25, -0.2) is 0 Å². The maximum absolute atomic E-state index is 11.6. The number of nitrogens with one attached hydrogen (secondary N) is 2. The third kappa shape index (κ3) is 4.57. The van der Waals surface area contributed by atoms with E-state index in [0.29, 0.717) is 5.69 Å². The predicted octanol–water partition coefficient (Wildman–Crippen LogP) is 2.00. The lowest BCUT2D eigenvalue weighted by molar-refractivity contribution is -0.136. The van der Waals surface area contributed by atoms with Crippen LogP contribution in [0.5, 0.6) is 0 Å². The fourth-order valence-corrected chi connectivity index (χ4v) is 1.86. The smallest absolute Gasteiger partial charge is 0.313 e. The largest absolute Gasteiger partial charge is 0.372 e. The second-order valence-corrected chi connectivity index (χ2v) is 4.80. The zero-order chi connectivity index (χ0) is 15.1. The molecule has 110 valence electrons. The highest BCUT2D eigenvalue weighted by Gasteiger charge is 2.14. The zero-order valence-corrected chi connectivity index (χ0v) is 12.6. The molecule has 0 atom stereocenters. The van der Waals surface area contributed by atoms with E-state index in [0.717, 1.165) is 18.8 Å². The molecule has 0 unspecified atom stereocenters. The van der Waals surface area contributed by atoms with Crippen LogP contribution in [0.25, 0.3) is 0 Å². The number of benzene rings is 1. The van der Waals surface area contributed by atoms with Crippen molar-refractivity contribution < 1.29 is 9.59 Å². The first-order valence-electron chi connectivity index (χ1n) is 6.94. The van der Waals surface area contributed by atoms with Crippen LogP contribution in [0, 0.1) is 0 Å². The van der Waals surface area contributed by atoms with Gasteiger partial charge >= 0.3 is 11.8 Å². The molecule has 0 aliphatic heterocycles. The molecular formula is C15H23N3O2. The standard InChI is InChI=1S/C15H23N3O2/c1-5-18(6-2)13-9-7-12(8-10-13)17-15(20)14(19)16-11(3)4/h7-11H,5-6H2,1-4H3,(H,16,19)(H,17,20). The Morgan fingerprint density at radius 3 is 2.05 bits per heavy atom. The van der Waals surface area contributed by atoms with Crippen molar-refractivity contribution >= 4 is 23.2 Å². The number of hydrogen-bond donors (Lipinski definition) is 2. The number of hydrogen-bond acceptors (Lipinski definition) is 3. The van der Waals surface area contributed by atoms with E-state index in [1.54, 1.807) is 12.1 Å². The number of anilines is 2. The minimum Gasteiger partial charge on any atom is -0.372 e. The highest BCUT2D eigenvalue weighted by atomic mass is 16.2. The monoisotopic (exact) mass is 277 g/mol. The van der Waals surface area contributed by atoms with E-state index in [-0.39, 0.29) is 6.04 Å². The van der Waals surface area contributed by atoms with E-state index in [4.69, 9.17) is 0 Å². The first-order chi connectivity index (χ1) is 9.47. The lowest BCUT2D eigenvalue weighted by Crippen LogP contribution is -2.39. The first kappa shape index (κ1) is 16.0. The maximum Gasteiger partial charge on any atom is 0.313 e. The normalized spacial score (nSPS) is 10.2. The molecule has 1 aromatic rings. The summed E-state index contributed by atoms with van der Waals surface area (Å²) in [6.45, 7) is 9.66. The summed E-state index contributed by atoms with van der Waals surface area (Å²) in [6, 6.07) is 7.41. The van der Waals surface area contributed by atoms with Gasteiger partial charge in [-0.05, 0) is 52.0 Å². The van der Waals surface area contributed by atoms with Crippen LogP contribution in [0.2, 0.25) is 0 Å². The Kier molecular flexibility index (Phi) is 6.03. The molecule has 0 aliphatic carbocycles. The second kappa shape index (κ2) is 7.53. The van der Waals surface area contributed by atoms with Crippen molar-refractivity contribution in [2.75, 3.05) is 23.3 Å². The molecule has 1 aromatic carbocycles. The molecule has 0 saturated heterocycles. The van der Waals surface area contributed by atoms with Gasteiger partial charge in [-0.3, -0.25) is 9.59 Å². The summed E-state index contributed by atoms with van der Waals surface area (Å²) < 4.78 is 0. The molecule has 20 heavy (non-hydrogen) atoms. The topological polar surface area (TPSA) is 61.4 Å². The van der Waals surface area contributed by atoms with Gasteiger partial charge in [0.15, 0.2) is 0 Å². The van der Waals surface area contributed by atoms with Gasteiger partial charge in [0.05, 0.1) is 0 Å². The molecule has 0 saturated carbocycles.